The van der Waals surface area contributed by atoms with Crippen molar-refractivity contribution in [3.8, 4) is 11.1 Å². The van der Waals surface area contributed by atoms with E-state index < -0.39 is 10.0 Å². The Kier molecular flexibility index (Phi) is 4.80. The van der Waals surface area contributed by atoms with Gasteiger partial charge in [-0.25, -0.2) is 13.1 Å². The second-order valence-electron chi connectivity index (χ2n) is 6.09. The second kappa shape index (κ2) is 6.83. The van der Waals surface area contributed by atoms with Gasteiger partial charge in [-0.05, 0) is 42.1 Å². The quantitative estimate of drug-likeness (QED) is 0.906. The van der Waals surface area contributed by atoms with E-state index in [4.69, 9.17) is 0 Å². The van der Waals surface area contributed by atoms with Crippen LogP contribution >= 0.6 is 0 Å². The van der Waals surface area contributed by atoms with Crippen LogP contribution in [0.15, 0.2) is 59.5 Å². The molecule has 1 fully saturated rings. The third-order valence-corrected chi connectivity index (χ3v) is 5.91. The van der Waals surface area contributed by atoms with Crippen LogP contribution in [0, 0.1) is 5.92 Å². The molecule has 0 bridgehead atoms. The molecule has 0 spiro atoms. The summed E-state index contributed by atoms with van der Waals surface area (Å²) < 4.78 is 27.9. The molecule has 5 heteroatoms. The maximum atomic E-state index is 12.6. The highest BCUT2D eigenvalue weighted by atomic mass is 32.2. The van der Waals surface area contributed by atoms with E-state index in [2.05, 4.69) is 17.0 Å². The summed E-state index contributed by atoms with van der Waals surface area (Å²) in [4.78, 5) is 0.315. The van der Waals surface area contributed by atoms with Gasteiger partial charge in [0.2, 0.25) is 10.0 Å². The molecule has 2 aromatic carbocycles. The van der Waals surface area contributed by atoms with E-state index in [0.717, 1.165) is 24.1 Å². The summed E-state index contributed by atoms with van der Waals surface area (Å²) in [6.07, 6.45) is 0.986. The van der Waals surface area contributed by atoms with Crippen LogP contribution in [-0.4, -0.2) is 27.5 Å². The molecule has 0 saturated carbocycles. The molecule has 2 atom stereocenters. The summed E-state index contributed by atoms with van der Waals surface area (Å²) in [6.45, 7) is 3.72. The Labute approximate surface area is 138 Å². The first-order valence-electron chi connectivity index (χ1n) is 7.95. The Morgan fingerprint density at radius 3 is 2.30 bits per heavy atom. The molecule has 4 nitrogen and oxygen atoms in total. The lowest BCUT2D eigenvalue weighted by molar-refractivity contribution is 0.327. The molecule has 0 aromatic heterocycles. The highest BCUT2D eigenvalue weighted by Gasteiger charge is 2.26. The van der Waals surface area contributed by atoms with Crippen molar-refractivity contribution in [1.82, 2.24) is 10.0 Å². The molecule has 2 N–H and O–H groups in total. The Bertz CT molecular complexity index is 742. The van der Waals surface area contributed by atoms with E-state index in [-0.39, 0.29) is 6.04 Å². The van der Waals surface area contributed by atoms with Crippen LogP contribution in [-0.2, 0) is 10.0 Å². The van der Waals surface area contributed by atoms with Crippen LogP contribution in [0.25, 0.3) is 11.1 Å². The first-order valence-corrected chi connectivity index (χ1v) is 9.43. The predicted molar refractivity (Wildman–Crippen MR) is 92.6 cm³/mol. The van der Waals surface area contributed by atoms with Crippen LogP contribution in [0.1, 0.15) is 13.3 Å². The Morgan fingerprint density at radius 1 is 1.00 bits per heavy atom. The van der Waals surface area contributed by atoms with Gasteiger partial charge >= 0.3 is 0 Å². The van der Waals surface area contributed by atoms with Gasteiger partial charge < -0.3 is 5.32 Å². The van der Waals surface area contributed by atoms with E-state index in [1.807, 2.05) is 42.5 Å². The van der Waals surface area contributed by atoms with Crippen LogP contribution in [0.3, 0.4) is 0 Å². The number of benzene rings is 2. The van der Waals surface area contributed by atoms with Crippen LogP contribution < -0.4 is 10.0 Å². The summed E-state index contributed by atoms with van der Waals surface area (Å²) in [5, 5.41) is 3.24. The third-order valence-electron chi connectivity index (χ3n) is 4.41. The lowest BCUT2D eigenvalue weighted by Gasteiger charge is -2.29. The number of hydrogen-bond acceptors (Lipinski definition) is 3. The van der Waals surface area contributed by atoms with Gasteiger partial charge in [0.1, 0.15) is 0 Å². The summed E-state index contributed by atoms with van der Waals surface area (Å²) in [7, 11) is -3.48. The molecule has 2 unspecified atom stereocenters. The molecule has 1 aliphatic heterocycles. The molecule has 0 amide bonds. The molecule has 0 aliphatic carbocycles. The lowest BCUT2D eigenvalue weighted by atomic mass is 9.96. The van der Waals surface area contributed by atoms with Crippen molar-refractivity contribution >= 4 is 10.0 Å². The minimum Gasteiger partial charge on any atom is -0.315 e. The monoisotopic (exact) mass is 330 g/mol. The maximum absolute atomic E-state index is 12.6. The zero-order valence-electron chi connectivity index (χ0n) is 13.2. The molecule has 1 saturated heterocycles. The molecular weight excluding hydrogens is 308 g/mol. The van der Waals surface area contributed by atoms with Crippen molar-refractivity contribution < 1.29 is 8.42 Å². The Morgan fingerprint density at radius 2 is 1.65 bits per heavy atom. The fourth-order valence-electron chi connectivity index (χ4n) is 2.87. The number of piperidine rings is 1. The van der Waals surface area contributed by atoms with E-state index in [1.54, 1.807) is 12.1 Å². The molecule has 23 heavy (non-hydrogen) atoms. The SMILES string of the molecule is CC1CCNCC1NS(=O)(=O)c1ccc(-c2ccccc2)cc1. The maximum Gasteiger partial charge on any atom is 0.240 e. The van der Waals surface area contributed by atoms with E-state index in [0.29, 0.717) is 17.4 Å². The smallest absolute Gasteiger partial charge is 0.240 e. The fourth-order valence-corrected chi connectivity index (χ4v) is 4.22. The van der Waals surface area contributed by atoms with Crippen molar-refractivity contribution in [2.75, 3.05) is 13.1 Å². The summed E-state index contributed by atoms with van der Waals surface area (Å²) in [5.74, 6) is 0.342. The number of nitrogens with one attached hydrogen (secondary N) is 2. The van der Waals surface area contributed by atoms with Crippen molar-refractivity contribution in [2.45, 2.75) is 24.3 Å². The molecule has 3 rings (SSSR count). The molecule has 1 aliphatic rings. The van der Waals surface area contributed by atoms with Gasteiger partial charge in [0.15, 0.2) is 0 Å². The minimum absolute atomic E-state index is 0.0532. The van der Waals surface area contributed by atoms with Crippen molar-refractivity contribution in [2.24, 2.45) is 5.92 Å². The summed E-state index contributed by atoms with van der Waals surface area (Å²) in [5.41, 5.74) is 2.09. The number of sulfonamides is 1. The highest BCUT2D eigenvalue weighted by molar-refractivity contribution is 7.89. The van der Waals surface area contributed by atoms with Gasteiger partial charge in [-0.3, -0.25) is 0 Å². The predicted octanol–water partition coefficient (Wildman–Crippen LogP) is 2.63. The van der Waals surface area contributed by atoms with E-state index >= 15 is 0 Å². The Balaban J connectivity index is 1.78. The average Bonchev–Trinajstić information content (AvgIpc) is 2.58. The third kappa shape index (κ3) is 3.80. The molecular formula is C18H22N2O2S. The topological polar surface area (TPSA) is 58.2 Å². The van der Waals surface area contributed by atoms with Gasteiger partial charge in [0.05, 0.1) is 4.90 Å². The van der Waals surface area contributed by atoms with Crippen LogP contribution in [0.4, 0.5) is 0 Å². The molecule has 2 aromatic rings. The van der Waals surface area contributed by atoms with E-state index in [9.17, 15) is 8.42 Å². The summed E-state index contributed by atoms with van der Waals surface area (Å²) >= 11 is 0. The largest absolute Gasteiger partial charge is 0.315 e. The minimum atomic E-state index is -3.48. The molecule has 1 heterocycles. The molecule has 0 radical (unpaired) electrons. The van der Waals surface area contributed by atoms with Gasteiger partial charge in [0, 0.05) is 12.6 Å². The summed E-state index contributed by atoms with van der Waals surface area (Å²) in [6, 6.07) is 16.9. The second-order valence-corrected chi connectivity index (χ2v) is 7.80. The normalized spacial score (nSPS) is 22.0. The van der Waals surface area contributed by atoms with Crippen molar-refractivity contribution in [3.05, 3.63) is 54.6 Å². The Hall–Kier alpha value is -1.69. The lowest BCUT2D eigenvalue weighted by Crippen LogP contribution is -2.50. The standard InChI is InChI=1S/C18H22N2O2S/c1-14-11-12-19-13-18(14)20-23(21,22)17-9-7-16(8-10-17)15-5-3-2-4-6-15/h2-10,14,18-20H,11-13H2,1H3. The van der Waals surface area contributed by atoms with Gasteiger partial charge in [0.25, 0.3) is 0 Å². The van der Waals surface area contributed by atoms with Gasteiger partial charge in [-0.1, -0.05) is 49.4 Å². The van der Waals surface area contributed by atoms with E-state index in [1.165, 1.54) is 0 Å². The molecule has 122 valence electrons. The number of rotatable bonds is 4. The van der Waals surface area contributed by atoms with Gasteiger partial charge in [-0.15, -0.1) is 0 Å². The fraction of sp³-hybridized carbons (Fsp3) is 0.333. The van der Waals surface area contributed by atoms with Crippen LogP contribution in [0.5, 0.6) is 0 Å². The van der Waals surface area contributed by atoms with Crippen LogP contribution in [0.2, 0.25) is 0 Å². The zero-order valence-corrected chi connectivity index (χ0v) is 14.0. The van der Waals surface area contributed by atoms with Crippen molar-refractivity contribution in [3.63, 3.8) is 0 Å². The average molecular weight is 330 g/mol. The number of hydrogen-bond donors (Lipinski definition) is 2. The first-order chi connectivity index (χ1) is 11.1. The van der Waals surface area contributed by atoms with Crippen molar-refractivity contribution in [1.29, 1.82) is 0 Å². The first kappa shape index (κ1) is 16.2. The zero-order chi connectivity index (χ0) is 16.3. The van der Waals surface area contributed by atoms with Gasteiger partial charge in [-0.2, -0.15) is 0 Å². The highest BCUT2D eigenvalue weighted by Crippen LogP contribution is 2.22.